The Balaban J connectivity index is 1.49. The Labute approximate surface area is 142 Å². The third-order valence-corrected chi connectivity index (χ3v) is 4.80. The van der Waals surface area contributed by atoms with Crippen LogP contribution in [0.3, 0.4) is 0 Å². The molecule has 4 rings (SSSR count). The number of benzene rings is 2. The van der Waals surface area contributed by atoms with E-state index >= 15 is 0 Å². The normalized spacial score (nSPS) is 22.9. The van der Waals surface area contributed by atoms with Gasteiger partial charge in [0.2, 0.25) is 0 Å². The molecule has 2 aromatic carbocycles. The summed E-state index contributed by atoms with van der Waals surface area (Å²) < 4.78 is 11.4. The van der Waals surface area contributed by atoms with Gasteiger partial charge in [0.05, 0.1) is 25.3 Å². The standard InChI is InChI=1S/C20H21NO3/c22-20(21-16-5-4-6-17(21)14-23-13-16)15-9-11-19(12-10-15)24-18-7-2-1-3-8-18/h1-3,7-12,16-17H,4-6,13-14H2/t16-,17-/m1/s1. The number of para-hydroxylation sites is 1. The smallest absolute Gasteiger partial charge is 0.254 e. The van der Waals surface area contributed by atoms with E-state index in [2.05, 4.69) is 0 Å². The van der Waals surface area contributed by atoms with Gasteiger partial charge in [-0.2, -0.15) is 0 Å². The lowest BCUT2D eigenvalue weighted by Crippen LogP contribution is -2.57. The van der Waals surface area contributed by atoms with Crippen molar-refractivity contribution in [3.8, 4) is 11.5 Å². The summed E-state index contributed by atoms with van der Waals surface area (Å²) in [4.78, 5) is 15.0. The minimum absolute atomic E-state index is 0.110. The van der Waals surface area contributed by atoms with Crippen molar-refractivity contribution in [2.24, 2.45) is 0 Å². The maximum absolute atomic E-state index is 12.9. The van der Waals surface area contributed by atoms with E-state index < -0.39 is 0 Å². The molecule has 2 bridgehead atoms. The summed E-state index contributed by atoms with van der Waals surface area (Å²) in [5.41, 5.74) is 0.717. The zero-order valence-corrected chi connectivity index (χ0v) is 13.6. The molecule has 2 saturated heterocycles. The summed E-state index contributed by atoms with van der Waals surface area (Å²) in [5, 5.41) is 0. The van der Waals surface area contributed by atoms with Gasteiger partial charge in [0.15, 0.2) is 0 Å². The number of ether oxygens (including phenoxy) is 2. The van der Waals surface area contributed by atoms with E-state index in [0.29, 0.717) is 18.8 Å². The number of amides is 1. The van der Waals surface area contributed by atoms with Gasteiger partial charge < -0.3 is 14.4 Å². The average molecular weight is 323 g/mol. The van der Waals surface area contributed by atoms with Crippen LogP contribution >= 0.6 is 0 Å². The van der Waals surface area contributed by atoms with Crippen molar-refractivity contribution in [3.63, 3.8) is 0 Å². The summed E-state index contributed by atoms with van der Waals surface area (Å²) >= 11 is 0. The van der Waals surface area contributed by atoms with Crippen LogP contribution in [0.25, 0.3) is 0 Å². The topological polar surface area (TPSA) is 38.8 Å². The lowest BCUT2D eigenvalue weighted by atomic mass is 9.93. The molecule has 0 aliphatic carbocycles. The maximum Gasteiger partial charge on any atom is 0.254 e. The molecule has 2 aliphatic rings. The first-order valence-corrected chi connectivity index (χ1v) is 8.54. The van der Waals surface area contributed by atoms with E-state index in [0.717, 1.165) is 24.3 Å². The molecule has 124 valence electrons. The first kappa shape index (κ1) is 15.2. The molecule has 0 spiro atoms. The largest absolute Gasteiger partial charge is 0.457 e. The highest BCUT2D eigenvalue weighted by Gasteiger charge is 2.37. The van der Waals surface area contributed by atoms with Crippen molar-refractivity contribution in [2.75, 3.05) is 13.2 Å². The van der Waals surface area contributed by atoms with Crippen LogP contribution in [-0.2, 0) is 4.74 Å². The van der Waals surface area contributed by atoms with Crippen LogP contribution in [0.15, 0.2) is 54.6 Å². The highest BCUT2D eigenvalue weighted by molar-refractivity contribution is 5.95. The van der Waals surface area contributed by atoms with Gasteiger partial charge in [-0.1, -0.05) is 18.2 Å². The van der Waals surface area contributed by atoms with E-state index in [9.17, 15) is 4.79 Å². The maximum atomic E-state index is 12.9. The molecule has 0 aromatic heterocycles. The Bertz CT molecular complexity index is 677. The summed E-state index contributed by atoms with van der Waals surface area (Å²) in [6.45, 7) is 1.33. The van der Waals surface area contributed by atoms with Crippen molar-refractivity contribution < 1.29 is 14.3 Å². The highest BCUT2D eigenvalue weighted by Crippen LogP contribution is 2.29. The van der Waals surface area contributed by atoms with Crippen molar-refractivity contribution in [1.29, 1.82) is 0 Å². The second-order valence-electron chi connectivity index (χ2n) is 6.43. The Hall–Kier alpha value is -2.33. The first-order chi connectivity index (χ1) is 11.8. The van der Waals surface area contributed by atoms with Crippen LogP contribution in [0, 0.1) is 0 Å². The van der Waals surface area contributed by atoms with Gasteiger partial charge in [-0.15, -0.1) is 0 Å². The fourth-order valence-electron chi connectivity index (χ4n) is 3.60. The number of carbonyl (C=O) groups excluding carboxylic acids is 1. The predicted octanol–water partition coefficient (Wildman–Crippen LogP) is 3.87. The van der Waals surface area contributed by atoms with Gasteiger partial charge in [-0.3, -0.25) is 4.79 Å². The molecule has 4 heteroatoms. The van der Waals surface area contributed by atoms with Gasteiger partial charge >= 0.3 is 0 Å². The zero-order valence-electron chi connectivity index (χ0n) is 13.6. The molecule has 2 fully saturated rings. The number of nitrogens with zero attached hydrogens (tertiary/aromatic N) is 1. The van der Waals surface area contributed by atoms with Crippen molar-refractivity contribution in [1.82, 2.24) is 4.90 Å². The van der Waals surface area contributed by atoms with Gasteiger partial charge in [0.1, 0.15) is 11.5 Å². The molecule has 2 heterocycles. The van der Waals surface area contributed by atoms with E-state index in [1.807, 2.05) is 59.5 Å². The van der Waals surface area contributed by atoms with Crippen LogP contribution in [0.5, 0.6) is 11.5 Å². The lowest BCUT2D eigenvalue weighted by Gasteiger charge is -2.45. The van der Waals surface area contributed by atoms with Gasteiger partial charge in [-0.25, -0.2) is 0 Å². The van der Waals surface area contributed by atoms with Crippen molar-refractivity contribution in [2.45, 2.75) is 31.3 Å². The summed E-state index contributed by atoms with van der Waals surface area (Å²) in [6, 6.07) is 17.5. The molecular formula is C20H21NO3. The molecule has 0 N–H and O–H groups in total. The van der Waals surface area contributed by atoms with Gasteiger partial charge in [-0.05, 0) is 55.7 Å². The number of fused-ring (bicyclic) bond motifs is 2. The Morgan fingerprint density at radius 2 is 1.54 bits per heavy atom. The molecular weight excluding hydrogens is 302 g/mol. The third-order valence-electron chi connectivity index (χ3n) is 4.80. The number of morpholine rings is 1. The SMILES string of the molecule is O=C(c1ccc(Oc2ccccc2)cc1)N1[C@@H]2CCC[C@@H]1COC2. The number of rotatable bonds is 3. The van der Waals surface area contributed by atoms with Gasteiger partial charge in [0, 0.05) is 5.56 Å². The molecule has 0 saturated carbocycles. The number of hydrogen-bond donors (Lipinski definition) is 0. The lowest BCUT2D eigenvalue weighted by molar-refractivity contribution is -0.0565. The fourth-order valence-corrected chi connectivity index (χ4v) is 3.60. The number of piperidine rings is 1. The Morgan fingerprint density at radius 1 is 0.917 bits per heavy atom. The molecule has 24 heavy (non-hydrogen) atoms. The van der Waals surface area contributed by atoms with Gasteiger partial charge in [0.25, 0.3) is 5.91 Å². The molecule has 2 aromatic rings. The summed E-state index contributed by atoms with van der Waals surface area (Å²) in [7, 11) is 0. The highest BCUT2D eigenvalue weighted by atomic mass is 16.5. The van der Waals surface area contributed by atoms with E-state index in [-0.39, 0.29) is 18.0 Å². The quantitative estimate of drug-likeness (QED) is 0.860. The Kier molecular flexibility index (Phi) is 4.22. The van der Waals surface area contributed by atoms with Crippen molar-refractivity contribution >= 4 is 5.91 Å². The van der Waals surface area contributed by atoms with Crippen LogP contribution in [0.1, 0.15) is 29.6 Å². The van der Waals surface area contributed by atoms with Crippen LogP contribution in [0.2, 0.25) is 0 Å². The molecule has 0 unspecified atom stereocenters. The van der Waals surface area contributed by atoms with Crippen molar-refractivity contribution in [3.05, 3.63) is 60.2 Å². The zero-order chi connectivity index (χ0) is 16.4. The first-order valence-electron chi connectivity index (χ1n) is 8.54. The van der Waals surface area contributed by atoms with Crippen LogP contribution in [0.4, 0.5) is 0 Å². The second-order valence-corrected chi connectivity index (χ2v) is 6.43. The van der Waals surface area contributed by atoms with E-state index in [1.165, 1.54) is 6.42 Å². The Morgan fingerprint density at radius 3 is 2.21 bits per heavy atom. The van der Waals surface area contributed by atoms with E-state index in [4.69, 9.17) is 9.47 Å². The third kappa shape index (κ3) is 3.02. The molecule has 2 atom stereocenters. The molecule has 4 nitrogen and oxygen atoms in total. The summed E-state index contributed by atoms with van der Waals surface area (Å²) in [6.07, 6.45) is 3.27. The molecule has 1 amide bonds. The molecule has 0 radical (unpaired) electrons. The number of carbonyl (C=O) groups is 1. The minimum atomic E-state index is 0.110. The average Bonchev–Trinajstić information content (AvgIpc) is 2.62. The van der Waals surface area contributed by atoms with E-state index in [1.54, 1.807) is 0 Å². The fraction of sp³-hybridized carbons (Fsp3) is 0.350. The predicted molar refractivity (Wildman–Crippen MR) is 91.4 cm³/mol. The summed E-state index contributed by atoms with van der Waals surface area (Å²) in [5.74, 6) is 1.64. The van der Waals surface area contributed by atoms with Crippen LogP contribution in [-0.4, -0.2) is 36.1 Å². The monoisotopic (exact) mass is 323 g/mol. The minimum Gasteiger partial charge on any atom is -0.457 e. The second kappa shape index (κ2) is 6.65. The van der Waals surface area contributed by atoms with Crippen LogP contribution < -0.4 is 4.74 Å². The number of hydrogen-bond acceptors (Lipinski definition) is 3. The molecule has 2 aliphatic heterocycles.